The Balaban J connectivity index is 2.29. The molecule has 0 bridgehead atoms. The van der Waals surface area contributed by atoms with Crippen LogP contribution in [0.1, 0.15) is 25.8 Å². The van der Waals surface area contributed by atoms with Gasteiger partial charge in [-0.05, 0) is 17.7 Å². The van der Waals surface area contributed by atoms with Crippen LogP contribution in [0.25, 0.3) is 0 Å². The van der Waals surface area contributed by atoms with Gasteiger partial charge in [0.25, 0.3) is 0 Å². The first-order valence-corrected chi connectivity index (χ1v) is 5.32. The van der Waals surface area contributed by atoms with Crippen molar-refractivity contribution in [3.8, 4) is 0 Å². The Kier molecular flexibility index (Phi) is 2.61. The van der Waals surface area contributed by atoms with E-state index in [0.717, 1.165) is 22.7 Å². The molecule has 0 unspecified atom stereocenters. The van der Waals surface area contributed by atoms with Gasteiger partial charge in [0.05, 0.1) is 5.71 Å². The second kappa shape index (κ2) is 3.78. The Morgan fingerprint density at radius 3 is 2.47 bits per heavy atom. The molecule has 1 heterocycles. The highest BCUT2D eigenvalue weighted by Gasteiger charge is 2.22. The van der Waals surface area contributed by atoms with E-state index in [9.17, 15) is 0 Å². The molecule has 0 N–H and O–H groups in total. The van der Waals surface area contributed by atoms with Crippen molar-refractivity contribution in [3.05, 3.63) is 34.9 Å². The molecule has 0 aliphatic carbocycles. The smallest absolute Gasteiger partial charge is 0.0711 e. The fourth-order valence-corrected chi connectivity index (χ4v) is 1.70. The van der Waals surface area contributed by atoms with Crippen LogP contribution in [-0.2, 0) is 0 Å². The summed E-state index contributed by atoms with van der Waals surface area (Å²) in [5, 5.41) is 8.96. The van der Waals surface area contributed by atoms with E-state index in [1.807, 2.05) is 30.5 Å². The number of nitrogens with zero attached hydrogens (tertiary/aromatic N) is 2. The molecular formula is C12H13ClN2. The normalized spacial score (nSPS) is 18.7. The van der Waals surface area contributed by atoms with Gasteiger partial charge < -0.3 is 0 Å². The van der Waals surface area contributed by atoms with E-state index in [1.54, 1.807) is 0 Å². The zero-order valence-electron chi connectivity index (χ0n) is 8.87. The SMILES string of the molecule is CC1(C)C=NN=C(c2ccc(Cl)cc2)C1. The first-order valence-electron chi connectivity index (χ1n) is 4.94. The van der Waals surface area contributed by atoms with Crippen molar-refractivity contribution in [2.75, 3.05) is 0 Å². The summed E-state index contributed by atoms with van der Waals surface area (Å²) in [6.45, 7) is 4.31. The summed E-state index contributed by atoms with van der Waals surface area (Å²) in [4.78, 5) is 0. The number of hydrogen-bond donors (Lipinski definition) is 0. The highest BCUT2D eigenvalue weighted by molar-refractivity contribution is 6.30. The van der Waals surface area contributed by atoms with E-state index < -0.39 is 0 Å². The molecule has 15 heavy (non-hydrogen) atoms. The van der Waals surface area contributed by atoms with Crippen molar-refractivity contribution < 1.29 is 0 Å². The Morgan fingerprint density at radius 2 is 1.87 bits per heavy atom. The zero-order chi connectivity index (χ0) is 10.9. The van der Waals surface area contributed by atoms with Gasteiger partial charge >= 0.3 is 0 Å². The summed E-state index contributed by atoms with van der Waals surface area (Å²) in [7, 11) is 0. The van der Waals surface area contributed by atoms with E-state index in [0.29, 0.717) is 0 Å². The minimum atomic E-state index is 0.0940. The van der Waals surface area contributed by atoms with Crippen molar-refractivity contribution in [1.82, 2.24) is 0 Å². The van der Waals surface area contributed by atoms with Crippen LogP contribution < -0.4 is 0 Å². The molecule has 1 aliphatic heterocycles. The quantitative estimate of drug-likeness (QED) is 0.692. The number of hydrogen-bond acceptors (Lipinski definition) is 2. The predicted octanol–water partition coefficient (Wildman–Crippen LogP) is 3.54. The molecule has 0 amide bonds. The molecule has 0 radical (unpaired) electrons. The molecule has 0 fully saturated rings. The fraction of sp³-hybridized carbons (Fsp3) is 0.333. The van der Waals surface area contributed by atoms with Crippen molar-refractivity contribution in [2.24, 2.45) is 15.6 Å². The first kappa shape index (κ1) is 10.4. The molecule has 1 aromatic rings. The summed E-state index contributed by atoms with van der Waals surface area (Å²) in [5.74, 6) is 0. The third-order valence-corrected chi connectivity index (χ3v) is 2.64. The lowest BCUT2D eigenvalue weighted by Crippen LogP contribution is -2.22. The maximum Gasteiger partial charge on any atom is 0.0711 e. The monoisotopic (exact) mass is 220 g/mol. The average Bonchev–Trinajstić information content (AvgIpc) is 2.17. The third-order valence-electron chi connectivity index (χ3n) is 2.39. The minimum absolute atomic E-state index is 0.0940. The van der Waals surface area contributed by atoms with Gasteiger partial charge in [-0.1, -0.05) is 37.6 Å². The van der Waals surface area contributed by atoms with Crippen LogP contribution in [0.15, 0.2) is 34.5 Å². The molecule has 3 heteroatoms. The first-order chi connectivity index (χ1) is 7.07. The van der Waals surface area contributed by atoms with Crippen LogP contribution in [0, 0.1) is 5.41 Å². The maximum atomic E-state index is 5.84. The summed E-state index contributed by atoms with van der Waals surface area (Å²) in [6, 6.07) is 7.73. The minimum Gasteiger partial charge on any atom is -0.163 e. The van der Waals surface area contributed by atoms with Gasteiger partial charge in [0.15, 0.2) is 0 Å². The third kappa shape index (κ3) is 2.45. The Hall–Kier alpha value is -1.15. The van der Waals surface area contributed by atoms with E-state index >= 15 is 0 Å². The lowest BCUT2D eigenvalue weighted by Gasteiger charge is -2.22. The number of benzene rings is 1. The Labute approximate surface area is 94.7 Å². The largest absolute Gasteiger partial charge is 0.163 e. The molecule has 0 spiro atoms. The zero-order valence-corrected chi connectivity index (χ0v) is 9.62. The summed E-state index contributed by atoms with van der Waals surface area (Å²) in [6.07, 6.45) is 2.81. The van der Waals surface area contributed by atoms with E-state index in [2.05, 4.69) is 24.1 Å². The molecule has 0 saturated heterocycles. The summed E-state index contributed by atoms with van der Waals surface area (Å²) >= 11 is 5.84. The Morgan fingerprint density at radius 1 is 1.20 bits per heavy atom. The van der Waals surface area contributed by atoms with Crippen LogP contribution in [0.5, 0.6) is 0 Å². The van der Waals surface area contributed by atoms with Gasteiger partial charge in [0.2, 0.25) is 0 Å². The summed E-state index contributed by atoms with van der Waals surface area (Å²) in [5.41, 5.74) is 2.22. The van der Waals surface area contributed by atoms with Crippen molar-refractivity contribution in [1.29, 1.82) is 0 Å². The second-order valence-corrected chi connectivity index (χ2v) is 4.90. The van der Waals surface area contributed by atoms with Crippen molar-refractivity contribution in [2.45, 2.75) is 20.3 Å². The molecule has 2 nitrogen and oxygen atoms in total. The second-order valence-electron chi connectivity index (χ2n) is 4.46. The van der Waals surface area contributed by atoms with E-state index in [1.165, 1.54) is 0 Å². The van der Waals surface area contributed by atoms with E-state index in [-0.39, 0.29) is 5.41 Å². The van der Waals surface area contributed by atoms with Gasteiger partial charge in [-0.25, -0.2) is 0 Å². The molecule has 1 aliphatic rings. The topological polar surface area (TPSA) is 24.7 Å². The highest BCUT2D eigenvalue weighted by atomic mass is 35.5. The predicted molar refractivity (Wildman–Crippen MR) is 64.9 cm³/mol. The van der Waals surface area contributed by atoms with Crippen molar-refractivity contribution >= 4 is 23.5 Å². The fourth-order valence-electron chi connectivity index (χ4n) is 1.57. The van der Waals surface area contributed by atoms with Crippen LogP contribution in [0.2, 0.25) is 5.02 Å². The highest BCUT2D eigenvalue weighted by Crippen LogP contribution is 2.25. The van der Waals surface area contributed by atoms with Crippen LogP contribution in [0.4, 0.5) is 0 Å². The lowest BCUT2D eigenvalue weighted by molar-refractivity contribution is 0.553. The lowest BCUT2D eigenvalue weighted by atomic mass is 9.86. The molecular weight excluding hydrogens is 208 g/mol. The van der Waals surface area contributed by atoms with Gasteiger partial charge in [0.1, 0.15) is 0 Å². The molecule has 0 saturated carbocycles. The molecule has 0 aromatic heterocycles. The van der Waals surface area contributed by atoms with Gasteiger partial charge in [-0.3, -0.25) is 0 Å². The molecule has 2 rings (SSSR count). The van der Waals surface area contributed by atoms with Crippen molar-refractivity contribution in [3.63, 3.8) is 0 Å². The number of rotatable bonds is 1. The molecule has 1 aromatic carbocycles. The van der Waals surface area contributed by atoms with Crippen LogP contribution in [-0.4, -0.2) is 11.9 Å². The van der Waals surface area contributed by atoms with Crippen LogP contribution >= 0.6 is 11.6 Å². The maximum absolute atomic E-state index is 5.84. The van der Waals surface area contributed by atoms with Crippen LogP contribution in [0.3, 0.4) is 0 Å². The summed E-state index contributed by atoms with van der Waals surface area (Å²) < 4.78 is 0. The Bertz CT molecular complexity index is 416. The number of halogens is 1. The molecule has 0 atom stereocenters. The van der Waals surface area contributed by atoms with E-state index in [4.69, 9.17) is 11.6 Å². The van der Waals surface area contributed by atoms with Gasteiger partial charge in [-0.15, -0.1) is 0 Å². The van der Waals surface area contributed by atoms with Gasteiger partial charge in [-0.2, -0.15) is 10.2 Å². The average molecular weight is 221 g/mol. The standard InChI is InChI=1S/C12H13ClN2/c1-12(2)7-11(15-14-8-12)9-3-5-10(13)6-4-9/h3-6,8H,7H2,1-2H3. The molecule has 78 valence electrons. The van der Waals surface area contributed by atoms with Gasteiger partial charge in [0, 0.05) is 23.1 Å².